The van der Waals surface area contributed by atoms with E-state index in [2.05, 4.69) is 0 Å². The first-order chi connectivity index (χ1) is 36.0. The van der Waals surface area contributed by atoms with E-state index in [1.165, 1.54) is 0 Å². The Morgan fingerprint density at radius 1 is 0.260 bits per heavy atom. The number of carbonyl (C=O) groups is 8. The molecule has 0 unspecified atom stereocenters. The molecule has 0 aliphatic heterocycles. The van der Waals surface area contributed by atoms with Crippen LogP contribution in [-0.2, 0) is 98.0 Å². The number of ketones is 4. The van der Waals surface area contributed by atoms with Crippen molar-refractivity contribution in [1.82, 2.24) is 0 Å². The minimum Gasteiger partial charge on any atom is -0.549 e. The van der Waals surface area contributed by atoms with E-state index in [4.69, 9.17) is 37.9 Å². The van der Waals surface area contributed by atoms with Gasteiger partial charge >= 0.3 is 21.7 Å². The van der Waals surface area contributed by atoms with Crippen LogP contribution < -0.4 is 20.4 Å². The van der Waals surface area contributed by atoms with Gasteiger partial charge in [0.1, 0.15) is 0 Å². The van der Waals surface area contributed by atoms with Crippen molar-refractivity contribution in [2.75, 3.05) is 52.9 Å². The van der Waals surface area contributed by atoms with Crippen LogP contribution in [0.1, 0.15) is 214 Å². The van der Waals surface area contributed by atoms with E-state index < -0.39 is 93.8 Å². The fourth-order valence-corrected chi connectivity index (χ4v) is 7.45. The summed E-state index contributed by atoms with van der Waals surface area (Å²) in [7, 11) is 0. The van der Waals surface area contributed by atoms with E-state index in [1.54, 1.807) is 55.4 Å². The summed E-state index contributed by atoms with van der Waals surface area (Å²) in [4.78, 5) is 95.0. The zero-order chi connectivity index (χ0) is 59.6. The molecule has 0 N–H and O–H groups in total. The van der Waals surface area contributed by atoms with Crippen LogP contribution in [0, 0.1) is 21.7 Å². The molecule has 0 atom stereocenters. The molecule has 0 rings (SSSR count). The van der Waals surface area contributed by atoms with Crippen LogP contribution in [-0.4, -0.2) is 125 Å². The number of ether oxygens (including phenoxy) is 8. The van der Waals surface area contributed by atoms with Crippen molar-refractivity contribution in [2.24, 2.45) is 21.7 Å². The molecule has 21 heteroatoms. The normalized spacial score (nSPS) is 11.7. The molecule has 0 bridgehead atoms. The van der Waals surface area contributed by atoms with E-state index in [-0.39, 0.29) is 73.1 Å². The molecule has 0 fully saturated rings. The Balaban J connectivity index is -0.000000298. The first kappa shape index (κ1) is 82.8. The summed E-state index contributed by atoms with van der Waals surface area (Å²) in [6.07, 6.45) is 2.78. The Morgan fingerprint density at radius 2 is 0.364 bits per heavy atom. The molecule has 0 saturated carbocycles. The summed E-state index contributed by atoms with van der Waals surface area (Å²) in [6.45, 7) is 31.4. The number of Topliss-reactive ketones (excluding diaryl/α,β-unsaturated/α-hetero) is 4. The molecule has 0 spiro atoms. The van der Waals surface area contributed by atoms with Gasteiger partial charge in [0, 0.05) is 52.9 Å². The zero-order valence-corrected chi connectivity index (χ0v) is 51.5. The maximum Gasteiger partial charge on any atom is 4.00 e. The third-order valence-electron chi connectivity index (χ3n) is 12.9. The third kappa shape index (κ3) is 26.9. The van der Waals surface area contributed by atoms with Crippen molar-refractivity contribution in [3.63, 3.8) is 0 Å². The van der Waals surface area contributed by atoms with Crippen LogP contribution in [0.4, 0.5) is 0 Å². The van der Waals surface area contributed by atoms with Gasteiger partial charge in [-0.15, -0.1) is 0 Å². The summed E-state index contributed by atoms with van der Waals surface area (Å²) >= 11 is 0. The molecule has 0 heterocycles. The molecule has 0 aromatic heterocycles. The molecule has 0 saturated heterocycles. The monoisotopic (exact) mass is 1140 g/mol. The zero-order valence-electron chi connectivity index (χ0n) is 49.9. The van der Waals surface area contributed by atoms with Gasteiger partial charge in [-0.25, -0.2) is 0 Å². The SMILES string of the molecule is CCCOC(OCCC)C(=O)C(CC)(CC)C(=O)[O-].CCCOC(OCCC)C(=O)C(CC)(CC)C(=O)[O-].CCCOC(OCCC)C(=O)C(CC)(CC)C(=O)[O-].CCCOC(OCCC)C(=O)C(CC)(CC)C(=O)[O-].[Ti+4]. The topological polar surface area (TPSA) is 303 Å². The van der Waals surface area contributed by atoms with Crippen molar-refractivity contribution in [3.05, 3.63) is 0 Å². The molecule has 0 radical (unpaired) electrons. The van der Waals surface area contributed by atoms with Gasteiger partial charge in [-0.3, -0.25) is 19.2 Å². The van der Waals surface area contributed by atoms with E-state index in [0.29, 0.717) is 52.9 Å². The van der Waals surface area contributed by atoms with Gasteiger partial charge in [-0.05, 0) is 103 Å². The summed E-state index contributed by atoms with van der Waals surface area (Å²) in [5, 5.41) is 45.3. The van der Waals surface area contributed by atoms with E-state index in [0.717, 1.165) is 51.4 Å². The number of rotatable bonds is 44. The smallest absolute Gasteiger partial charge is 0.549 e. The minimum absolute atomic E-state index is 0. The van der Waals surface area contributed by atoms with Gasteiger partial charge in [0.05, 0.1) is 45.5 Å². The standard InChI is InChI=1S/4C14H26O5.Ti/c4*1-5-9-18-12(19-10-6-2)11(15)14(7-3,8-4)13(16)17;/h4*12H,5-10H2,1-4H3,(H,16,17);/q;;;;+4/p-4. The Bertz CT molecular complexity index is 1340. The Kier molecular flexibility index (Phi) is 51.3. The summed E-state index contributed by atoms with van der Waals surface area (Å²) in [5.41, 5.74) is -6.09. The van der Waals surface area contributed by atoms with Crippen LogP contribution in [0.3, 0.4) is 0 Å². The van der Waals surface area contributed by atoms with Crippen LogP contribution in [0.25, 0.3) is 0 Å². The molecular formula is C56H100O20Ti. The second kappa shape index (κ2) is 47.7. The molecule has 20 nitrogen and oxygen atoms in total. The Hall–Kier alpha value is -3.05. The number of carboxylic acid groups (broad SMARTS) is 4. The van der Waals surface area contributed by atoms with Crippen molar-refractivity contribution >= 4 is 47.0 Å². The Labute approximate surface area is 476 Å². The third-order valence-corrected chi connectivity index (χ3v) is 12.9. The fraction of sp³-hybridized carbons (Fsp3) is 0.857. The Morgan fingerprint density at radius 3 is 0.429 bits per heavy atom. The molecule has 77 heavy (non-hydrogen) atoms. The van der Waals surface area contributed by atoms with Gasteiger partial charge in [-0.1, -0.05) is 111 Å². The van der Waals surface area contributed by atoms with Crippen molar-refractivity contribution < 1.29 is 118 Å². The first-order valence-electron chi connectivity index (χ1n) is 27.9. The fourth-order valence-electron chi connectivity index (χ4n) is 7.45. The summed E-state index contributed by atoms with van der Waals surface area (Å²) in [6, 6.07) is 0. The minimum atomic E-state index is -1.52. The van der Waals surface area contributed by atoms with Crippen molar-refractivity contribution in [2.45, 2.75) is 239 Å². The predicted octanol–water partition coefficient (Wildman–Crippen LogP) is 5.16. The van der Waals surface area contributed by atoms with Crippen LogP contribution in [0.15, 0.2) is 0 Å². The average molecular weight is 1140 g/mol. The first-order valence-corrected chi connectivity index (χ1v) is 27.9. The van der Waals surface area contributed by atoms with Crippen molar-refractivity contribution in [1.29, 1.82) is 0 Å². The number of aliphatic carboxylic acids is 4. The predicted molar refractivity (Wildman–Crippen MR) is 277 cm³/mol. The second-order valence-corrected chi connectivity index (χ2v) is 18.1. The summed E-state index contributed by atoms with van der Waals surface area (Å²) < 4.78 is 42.8. The van der Waals surface area contributed by atoms with Gasteiger partial charge in [0.2, 0.25) is 25.2 Å². The molecular weight excluding hydrogens is 1040 g/mol. The van der Waals surface area contributed by atoms with E-state index >= 15 is 0 Å². The second-order valence-electron chi connectivity index (χ2n) is 18.1. The van der Waals surface area contributed by atoms with E-state index in [9.17, 15) is 58.8 Å². The largest absolute Gasteiger partial charge is 4.00 e. The van der Waals surface area contributed by atoms with E-state index in [1.807, 2.05) is 55.4 Å². The molecule has 0 aromatic carbocycles. The maximum absolute atomic E-state index is 12.4. The maximum atomic E-state index is 12.4. The average Bonchev–Trinajstić information content (AvgIpc) is 3.40. The number of carboxylic acids is 4. The van der Waals surface area contributed by atoms with Crippen LogP contribution >= 0.6 is 0 Å². The number of hydrogen-bond donors (Lipinski definition) is 0. The van der Waals surface area contributed by atoms with Crippen LogP contribution in [0.5, 0.6) is 0 Å². The van der Waals surface area contributed by atoms with Gasteiger partial charge in [0.25, 0.3) is 0 Å². The molecule has 0 aliphatic rings. The van der Waals surface area contributed by atoms with Gasteiger partial charge in [0.15, 0.2) is 23.1 Å². The van der Waals surface area contributed by atoms with Gasteiger partial charge < -0.3 is 77.5 Å². The number of hydrogen-bond acceptors (Lipinski definition) is 20. The number of carbonyl (C=O) groups excluding carboxylic acids is 8. The quantitative estimate of drug-likeness (QED) is 0.0432. The molecule has 0 aromatic rings. The van der Waals surface area contributed by atoms with Gasteiger partial charge in [-0.2, -0.15) is 0 Å². The summed E-state index contributed by atoms with van der Waals surface area (Å²) in [5.74, 6) is -7.58. The molecule has 448 valence electrons. The van der Waals surface area contributed by atoms with Crippen LogP contribution in [0.2, 0.25) is 0 Å². The molecule has 0 aliphatic carbocycles. The van der Waals surface area contributed by atoms with Crippen molar-refractivity contribution in [3.8, 4) is 0 Å². The molecule has 0 amide bonds.